The molecule has 22 heavy (non-hydrogen) atoms. The van der Waals surface area contributed by atoms with E-state index in [1.807, 2.05) is 13.0 Å². The van der Waals surface area contributed by atoms with Crippen LogP contribution in [0.25, 0.3) is 0 Å². The zero-order chi connectivity index (χ0) is 15.6. The van der Waals surface area contributed by atoms with Crippen LogP contribution in [0.1, 0.15) is 43.2 Å². The van der Waals surface area contributed by atoms with E-state index in [0.717, 1.165) is 42.7 Å². The van der Waals surface area contributed by atoms with Crippen molar-refractivity contribution >= 4 is 22.4 Å². The fourth-order valence-corrected chi connectivity index (χ4v) is 3.75. The summed E-state index contributed by atoms with van der Waals surface area (Å²) in [6, 6.07) is 6.38. The summed E-state index contributed by atoms with van der Waals surface area (Å²) in [5, 5.41) is 12.3. The van der Waals surface area contributed by atoms with Crippen molar-refractivity contribution in [1.82, 2.24) is 10.2 Å². The van der Waals surface area contributed by atoms with Crippen LogP contribution in [0.15, 0.2) is 24.3 Å². The molecule has 3 rings (SSSR count). The second-order valence-corrected chi connectivity index (χ2v) is 6.67. The van der Waals surface area contributed by atoms with Gasteiger partial charge in [-0.3, -0.25) is 10.1 Å². The fraction of sp³-hybridized carbons (Fsp3) is 0.438. The number of carbonyl (C=O) groups excluding carboxylic acids is 1. The third-order valence-corrected chi connectivity index (χ3v) is 5.24. The molecule has 116 valence electrons. The maximum absolute atomic E-state index is 13.6. The summed E-state index contributed by atoms with van der Waals surface area (Å²) >= 11 is 1.39. The molecule has 1 amide bonds. The average molecular weight is 319 g/mol. The molecular weight excluding hydrogens is 301 g/mol. The van der Waals surface area contributed by atoms with Crippen molar-refractivity contribution in [2.45, 2.75) is 44.4 Å². The number of amides is 1. The Kier molecular flexibility index (Phi) is 4.20. The highest BCUT2D eigenvalue weighted by Gasteiger charge is 2.43. The van der Waals surface area contributed by atoms with Crippen molar-refractivity contribution in [2.24, 2.45) is 0 Å². The van der Waals surface area contributed by atoms with E-state index in [-0.39, 0.29) is 11.7 Å². The number of nitrogens with zero attached hydrogens (tertiary/aromatic N) is 2. The van der Waals surface area contributed by atoms with Crippen molar-refractivity contribution in [3.8, 4) is 0 Å². The molecule has 1 aliphatic carbocycles. The second-order valence-electron chi connectivity index (χ2n) is 5.61. The summed E-state index contributed by atoms with van der Waals surface area (Å²) in [5.41, 5.74) is 0.0999. The molecule has 0 aliphatic heterocycles. The van der Waals surface area contributed by atoms with Crippen molar-refractivity contribution in [3.63, 3.8) is 0 Å². The Morgan fingerprint density at radius 1 is 1.36 bits per heavy atom. The lowest BCUT2D eigenvalue weighted by atomic mass is 9.78. The van der Waals surface area contributed by atoms with Gasteiger partial charge in [-0.25, -0.2) is 4.39 Å². The average Bonchev–Trinajstić information content (AvgIpc) is 3.17. The van der Waals surface area contributed by atoms with Crippen LogP contribution in [0.3, 0.4) is 0 Å². The van der Waals surface area contributed by atoms with Crippen LogP contribution in [0.2, 0.25) is 0 Å². The van der Waals surface area contributed by atoms with Crippen LogP contribution in [0.5, 0.6) is 0 Å². The highest BCUT2D eigenvalue weighted by molar-refractivity contribution is 7.15. The number of carbonyl (C=O) groups is 1. The Labute approximate surface area is 132 Å². The number of hydrogen-bond acceptors (Lipinski definition) is 4. The number of halogens is 1. The minimum absolute atomic E-state index is 0.102. The molecule has 1 aliphatic rings. The smallest absolute Gasteiger partial charge is 0.236 e. The molecule has 0 saturated heterocycles. The molecule has 1 heterocycles. The molecule has 0 atom stereocenters. The monoisotopic (exact) mass is 319 g/mol. The fourth-order valence-electron chi connectivity index (χ4n) is 3.08. The predicted molar refractivity (Wildman–Crippen MR) is 84.5 cm³/mol. The molecule has 6 heteroatoms. The van der Waals surface area contributed by atoms with Crippen LogP contribution in [-0.2, 0) is 16.6 Å². The lowest BCUT2D eigenvalue weighted by Gasteiger charge is -2.27. The largest absolute Gasteiger partial charge is 0.300 e. The lowest BCUT2D eigenvalue weighted by molar-refractivity contribution is -0.121. The molecule has 0 radical (unpaired) electrons. The quantitative estimate of drug-likeness (QED) is 0.935. The van der Waals surface area contributed by atoms with Gasteiger partial charge in [0.1, 0.15) is 10.8 Å². The van der Waals surface area contributed by atoms with Gasteiger partial charge >= 0.3 is 0 Å². The summed E-state index contributed by atoms with van der Waals surface area (Å²) in [6.45, 7) is 2.00. The van der Waals surface area contributed by atoms with E-state index in [1.165, 1.54) is 23.5 Å². The van der Waals surface area contributed by atoms with Crippen LogP contribution in [-0.4, -0.2) is 16.1 Å². The van der Waals surface area contributed by atoms with Gasteiger partial charge in [0.15, 0.2) is 0 Å². The van der Waals surface area contributed by atoms with Gasteiger partial charge in [0.05, 0.1) is 5.41 Å². The Morgan fingerprint density at radius 3 is 2.77 bits per heavy atom. The predicted octanol–water partition coefficient (Wildman–Crippen LogP) is 3.69. The molecule has 0 unspecified atom stereocenters. The molecule has 1 N–H and O–H groups in total. The van der Waals surface area contributed by atoms with E-state index in [2.05, 4.69) is 15.5 Å². The number of anilines is 1. The minimum Gasteiger partial charge on any atom is -0.300 e. The molecule has 2 aromatic rings. The first kappa shape index (κ1) is 15.1. The zero-order valence-corrected chi connectivity index (χ0v) is 13.3. The van der Waals surface area contributed by atoms with Gasteiger partial charge in [0.25, 0.3) is 0 Å². The number of benzene rings is 1. The molecule has 1 aromatic heterocycles. The molecule has 1 fully saturated rings. The number of hydrogen-bond donors (Lipinski definition) is 1. The first-order chi connectivity index (χ1) is 10.6. The number of rotatable bonds is 4. The highest BCUT2D eigenvalue weighted by atomic mass is 32.1. The third kappa shape index (κ3) is 2.75. The summed E-state index contributed by atoms with van der Waals surface area (Å²) in [6.07, 6.45) is 4.21. The van der Waals surface area contributed by atoms with E-state index in [0.29, 0.717) is 5.13 Å². The molecule has 4 nitrogen and oxygen atoms in total. The number of nitrogens with one attached hydrogen (secondary N) is 1. The first-order valence-corrected chi connectivity index (χ1v) is 8.35. The van der Waals surface area contributed by atoms with Gasteiger partial charge in [-0.2, -0.15) is 0 Å². The van der Waals surface area contributed by atoms with Gasteiger partial charge < -0.3 is 0 Å². The Balaban J connectivity index is 1.88. The summed E-state index contributed by atoms with van der Waals surface area (Å²) in [5.74, 6) is -0.407. The van der Waals surface area contributed by atoms with Gasteiger partial charge in [-0.1, -0.05) is 43.2 Å². The van der Waals surface area contributed by atoms with Crippen molar-refractivity contribution in [2.75, 3.05) is 5.32 Å². The topological polar surface area (TPSA) is 54.9 Å². The van der Waals surface area contributed by atoms with Crippen LogP contribution >= 0.6 is 11.3 Å². The van der Waals surface area contributed by atoms with Crippen LogP contribution < -0.4 is 5.32 Å². The number of aromatic nitrogens is 2. The summed E-state index contributed by atoms with van der Waals surface area (Å²) in [7, 11) is 0. The minimum atomic E-state index is -0.653. The van der Waals surface area contributed by atoms with Crippen molar-refractivity contribution in [3.05, 3.63) is 40.7 Å². The second kappa shape index (κ2) is 6.12. The van der Waals surface area contributed by atoms with Gasteiger partial charge in [-0.05, 0) is 37.0 Å². The molecule has 0 bridgehead atoms. The first-order valence-electron chi connectivity index (χ1n) is 7.54. The SMILES string of the molecule is CCc1nnc(NC(=O)C2(c3cccc(F)c3)CCCC2)s1. The molecule has 1 saturated carbocycles. The maximum atomic E-state index is 13.6. The van der Waals surface area contributed by atoms with E-state index in [9.17, 15) is 9.18 Å². The van der Waals surface area contributed by atoms with Crippen LogP contribution in [0, 0.1) is 5.82 Å². The summed E-state index contributed by atoms with van der Waals surface area (Å²) in [4.78, 5) is 12.9. The molecular formula is C16H18FN3OS. The van der Waals surface area contributed by atoms with Crippen molar-refractivity contribution in [1.29, 1.82) is 0 Å². The normalized spacial score (nSPS) is 16.6. The Hall–Kier alpha value is -1.82. The number of aryl methyl sites for hydroxylation is 1. The van der Waals surface area contributed by atoms with Crippen molar-refractivity contribution < 1.29 is 9.18 Å². The van der Waals surface area contributed by atoms with E-state index >= 15 is 0 Å². The standard InChI is InChI=1S/C16H18FN3OS/c1-2-13-19-20-15(22-13)18-14(21)16(8-3-4-9-16)11-6-5-7-12(17)10-11/h5-7,10H,2-4,8-9H2,1H3,(H,18,20,21). The highest BCUT2D eigenvalue weighted by Crippen LogP contribution is 2.42. The lowest BCUT2D eigenvalue weighted by Crippen LogP contribution is -2.38. The zero-order valence-electron chi connectivity index (χ0n) is 12.4. The molecule has 0 spiro atoms. The van der Waals surface area contributed by atoms with E-state index < -0.39 is 5.41 Å². The molecule has 1 aromatic carbocycles. The van der Waals surface area contributed by atoms with Crippen LogP contribution in [0.4, 0.5) is 9.52 Å². The van der Waals surface area contributed by atoms with E-state index in [4.69, 9.17) is 0 Å². The van der Waals surface area contributed by atoms with Gasteiger partial charge in [-0.15, -0.1) is 10.2 Å². The Morgan fingerprint density at radius 2 is 2.14 bits per heavy atom. The third-order valence-electron chi connectivity index (χ3n) is 4.26. The van der Waals surface area contributed by atoms with Gasteiger partial charge in [0.2, 0.25) is 11.0 Å². The van der Waals surface area contributed by atoms with E-state index in [1.54, 1.807) is 6.07 Å². The summed E-state index contributed by atoms with van der Waals surface area (Å²) < 4.78 is 13.6. The Bertz CT molecular complexity index is 680. The maximum Gasteiger partial charge on any atom is 0.236 e. The van der Waals surface area contributed by atoms with Gasteiger partial charge in [0, 0.05) is 0 Å².